The molecule has 1 aliphatic heterocycles. The highest BCUT2D eigenvalue weighted by Gasteiger charge is 2.44. The molecule has 74 valence electrons. The fraction of sp³-hybridized carbons (Fsp3) is 0.909. The second kappa shape index (κ2) is 3.09. The van der Waals surface area contributed by atoms with E-state index in [0.717, 1.165) is 13.0 Å². The van der Waals surface area contributed by atoms with Gasteiger partial charge in [0.25, 0.3) is 0 Å². The van der Waals surface area contributed by atoms with Crippen molar-refractivity contribution in [3.05, 3.63) is 0 Å². The Morgan fingerprint density at radius 3 is 2.62 bits per heavy atom. The summed E-state index contributed by atoms with van der Waals surface area (Å²) in [7, 11) is 2.17. The highest BCUT2D eigenvalue weighted by molar-refractivity contribution is 5.83. The molecule has 0 bridgehead atoms. The zero-order chi connectivity index (χ0) is 9.59. The van der Waals surface area contributed by atoms with E-state index in [1.807, 2.05) is 0 Å². The lowest BCUT2D eigenvalue weighted by atomic mass is 9.79. The van der Waals surface area contributed by atoms with Crippen molar-refractivity contribution in [2.24, 2.45) is 23.7 Å². The van der Waals surface area contributed by atoms with Crippen LogP contribution in [0.3, 0.4) is 0 Å². The van der Waals surface area contributed by atoms with E-state index in [4.69, 9.17) is 0 Å². The van der Waals surface area contributed by atoms with E-state index in [9.17, 15) is 4.79 Å². The summed E-state index contributed by atoms with van der Waals surface area (Å²) < 4.78 is 0. The zero-order valence-corrected chi connectivity index (χ0v) is 8.79. The normalized spacial score (nSPS) is 46.5. The van der Waals surface area contributed by atoms with Gasteiger partial charge < -0.3 is 4.90 Å². The first-order valence-corrected chi connectivity index (χ1v) is 5.31. The molecule has 4 atom stereocenters. The number of piperidine rings is 1. The molecule has 0 spiro atoms. The summed E-state index contributed by atoms with van der Waals surface area (Å²) in [6.07, 6.45) is 0.848. The van der Waals surface area contributed by atoms with E-state index in [-0.39, 0.29) is 0 Å². The first kappa shape index (κ1) is 9.20. The molecule has 2 fully saturated rings. The van der Waals surface area contributed by atoms with Crippen LogP contribution in [-0.2, 0) is 4.79 Å². The Morgan fingerprint density at radius 1 is 1.23 bits per heavy atom. The van der Waals surface area contributed by atoms with Gasteiger partial charge in [0.05, 0.1) is 0 Å². The van der Waals surface area contributed by atoms with Gasteiger partial charge in [0.1, 0.15) is 5.78 Å². The molecule has 0 radical (unpaired) electrons. The van der Waals surface area contributed by atoms with Crippen LogP contribution in [0.25, 0.3) is 0 Å². The molecule has 2 nitrogen and oxygen atoms in total. The maximum Gasteiger partial charge on any atom is 0.136 e. The Morgan fingerprint density at radius 2 is 1.92 bits per heavy atom. The standard InChI is InChI=1S/C11H19NO/c1-7-5-12(3)6-10-8(2)11(13)4-9(7)10/h7-10H,4-6H2,1-3H3/t7-,8-,9-,10+/m1/s1. The number of fused-ring (bicyclic) bond motifs is 1. The number of likely N-dealkylation sites (tertiary alicyclic amines) is 1. The van der Waals surface area contributed by atoms with E-state index in [0.29, 0.717) is 29.5 Å². The first-order valence-electron chi connectivity index (χ1n) is 5.31. The first-order chi connectivity index (χ1) is 6.09. The molecule has 13 heavy (non-hydrogen) atoms. The van der Waals surface area contributed by atoms with Gasteiger partial charge in [0.2, 0.25) is 0 Å². The molecule has 0 aromatic rings. The minimum atomic E-state index is 0.315. The van der Waals surface area contributed by atoms with Crippen molar-refractivity contribution in [3.8, 4) is 0 Å². The van der Waals surface area contributed by atoms with E-state index in [2.05, 4.69) is 25.8 Å². The molecule has 2 heteroatoms. The van der Waals surface area contributed by atoms with Crippen molar-refractivity contribution < 1.29 is 4.79 Å². The van der Waals surface area contributed by atoms with Gasteiger partial charge in [-0.25, -0.2) is 0 Å². The van der Waals surface area contributed by atoms with Gasteiger partial charge in [0, 0.05) is 25.4 Å². The lowest BCUT2D eigenvalue weighted by molar-refractivity contribution is -0.120. The molecule has 0 aromatic heterocycles. The third-order valence-corrected chi connectivity index (χ3v) is 3.99. The van der Waals surface area contributed by atoms with Crippen LogP contribution in [0.4, 0.5) is 0 Å². The maximum atomic E-state index is 11.6. The van der Waals surface area contributed by atoms with Gasteiger partial charge in [-0.1, -0.05) is 13.8 Å². The monoisotopic (exact) mass is 181 g/mol. The van der Waals surface area contributed by atoms with Crippen molar-refractivity contribution in [1.29, 1.82) is 0 Å². The molecule has 1 saturated heterocycles. The Kier molecular flexibility index (Phi) is 2.18. The highest BCUT2D eigenvalue weighted by Crippen LogP contribution is 2.41. The molecule has 2 aliphatic rings. The quantitative estimate of drug-likeness (QED) is 0.563. The summed E-state index contributed by atoms with van der Waals surface area (Å²) in [5, 5.41) is 0. The molecular formula is C11H19NO. The van der Waals surface area contributed by atoms with E-state index >= 15 is 0 Å². The summed E-state index contributed by atoms with van der Waals surface area (Å²) in [5.41, 5.74) is 0. The average Bonchev–Trinajstić information content (AvgIpc) is 2.32. The number of nitrogens with zero attached hydrogens (tertiary/aromatic N) is 1. The smallest absolute Gasteiger partial charge is 0.136 e. The molecule has 1 heterocycles. The van der Waals surface area contributed by atoms with Crippen LogP contribution in [0.2, 0.25) is 0 Å². The minimum Gasteiger partial charge on any atom is -0.306 e. The lowest BCUT2D eigenvalue weighted by Gasteiger charge is -2.38. The molecule has 0 amide bonds. The van der Waals surface area contributed by atoms with Crippen LogP contribution in [0.1, 0.15) is 20.3 Å². The van der Waals surface area contributed by atoms with Crippen molar-refractivity contribution in [2.75, 3.05) is 20.1 Å². The Bertz CT molecular complexity index is 226. The van der Waals surface area contributed by atoms with Crippen LogP contribution in [-0.4, -0.2) is 30.8 Å². The fourth-order valence-electron chi connectivity index (χ4n) is 3.16. The van der Waals surface area contributed by atoms with Gasteiger partial charge in [-0.3, -0.25) is 4.79 Å². The second-order valence-corrected chi connectivity index (χ2v) is 4.99. The van der Waals surface area contributed by atoms with Crippen molar-refractivity contribution in [1.82, 2.24) is 4.90 Å². The number of hydrogen-bond donors (Lipinski definition) is 0. The number of carbonyl (C=O) groups is 1. The predicted octanol–water partition coefficient (Wildman–Crippen LogP) is 1.41. The number of carbonyl (C=O) groups excluding carboxylic acids is 1. The van der Waals surface area contributed by atoms with Gasteiger partial charge in [-0.15, -0.1) is 0 Å². The lowest BCUT2D eigenvalue weighted by Crippen LogP contribution is -2.42. The molecule has 2 rings (SSSR count). The third kappa shape index (κ3) is 1.41. The zero-order valence-electron chi connectivity index (χ0n) is 8.79. The number of ketones is 1. The van der Waals surface area contributed by atoms with Gasteiger partial charge >= 0.3 is 0 Å². The molecule has 0 unspecified atom stereocenters. The second-order valence-electron chi connectivity index (χ2n) is 4.99. The highest BCUT2D eigenvalue weighted by atomic mass is 16.1. The molecular weight excluding hydrogens is 162 g/mol. The van der Waals surface area contributed by atoms with E-state index < -0.39 is 0 Å². The van der Waals surface area contributed by atoms with Gasteiger partial charge in [0.15, 0.2) is 0 Å². The summed E-state index contributed by atoms with van der Waals surface area (Å²) in [5.74, 6) is 2.84. The van der Waals surface area contributed by atoms with Gasteiger partial charge in [-0.2, -0.15) is 0 Å². The molecule has 0 N–H and O–H groups in total. The SMILES string of the molecule is C[C@@H]1CN(C)C[C@@H]2[C@@H]1CC(=O)[C@@H]2C. The summed E-state index contributed by atoms with van der Waals surface area (Å²) in [6.45, 7) is 6.70. The third-order valence-electron chi connectivity index (χ3n) is 3.99. The minimum absolute atomic E-state index is 0.315. The van der Waals surface area contributed by atoms with Crippen molar-refractivity contribution >= 4 is 5.78 Å². The van der Waals surface area contributed by atoms with Crippen LogP contribution >= 0.6 is 0 Å². The topological polar surface area (TPSA) is 20.3 Å². The molecule has 1 aliphatic carbocycles. The van der Waals surface area contributed by atoms with Crippen molar-refractivity contribution in [3.63, 3.8) is 0 Å². The van der Waals surface area contributed by atoms with Crippen LogP contribution in [0.15, 0.2) is 0 Å². The van der Waals surface area contributed by atoms with Crippen molar-refractivity contribution in [2.45, 2.75) is 20.3 Å². The fourth-order valence-corrected chi connectivity index (χ4v) is 3.16. The van der Waals surface area contributed by atoms with Crippen LogP contribution < -0.4 is 0 Å². The molecule has 1 saturated carbocycles. The Balaban J connectivity index is 2.17. The number of hydrogen-bond acceptors (Lipinski definition) is 2. The number of rotatable bonds is 0. The van der Waals surface area contributed by atoms with Gasteiger partial charge in [-0.05, 0) is 24.8 Å². The largest absolute Gasteiger partial charge is 0.306 e. The van der Waals surface area contributed by atoms with E-state index in [1.54, 1.807) is 0 Å². The van der Waals surface area contributed by atoms with Crippen LogP contribution in [0.5, 0.6) is 0 Å². The average molecular weight is 181 g/mol. The number of Topliss-reactive ketones (excluding diaryl/α,β-unsaturated/α-hetero) is 1. The maximum absolute atomic E-state index is 11.6. The summed E-state index contributed by atoms with van der Waals surface area (Å²) in [6, 6.07) is 0. The molecule has 0 aromatic carbocycles. The summed E-state index contributed by atoms with van der Waals surface area (Å²) in [4.78, 5) is 14.0. The van der Waals surface area contributed by atoms with E-state index in [1.165, 1.54) is 6.54 Å². The van der Waals surface area contributed by atoms with Crippen LogP contribution in [0, 0.1) is 23.7 Å². The summed E-state index contributed by atoms with van der Waals surface area (Å²) >= 11 is 0. The Labute approximate surface area is 80.3 Å². The Hall–Kier alpha value is -0.370. The predicted molar refractivity (Wildman–Crippen MR) is 52.4 cm³/mol.